The highest BCUT2D eigenvalue weighted by atomic mass is 15.1. The molecule has 1 aromatic rings. The van der Waals surface area contributed by atoms with Crippen molar-refractivity contribution < 1.29 is 0 Å². The molecule has 0 bridgehead atoms. The van der Waals surface area contributed by atoms with Crippen molar-refractivity contribution >= 4 is 0 Å². The van der Waals surface area contributed by atoms with Crippen LogP contribution in [0.3, 0.4) is 0 Å². The number of unbranched alkanes of at least 4 members (excludes halogenated alkanes) is 2. The van der Waals surface area contributed by atoms with Gasteiger partial charge in [-0.3, -0.25) is 0 Å². The zero-order valence-electron chi connectivity index (χ0n) is 13.8. The number of fused-ring (bicyclic) bond motifs is 1. The van der Waals surface area contributed by atoms with Gasteiger partial charge in [0.1, 0.15) is 5.82 Å². The molecule has 0 saturated heterocycles. The van der Waals surface area contributed by atoms with E-state index in [9.17, 15) is 0 Å². The number of nitrogens with zero attached hydrogens (tertiary/aromatic N) is 2. The van der Waals surface area contributed by atoms with E-state index in [4.69, 9.17) is 4.98 Å². The van der Waals surface area contributed by atoms with Crippen LogP contribution in [0.1, 0.15) is 70.6 Å². The Morgan fingerprint density at radius 3 is 2.75 bits per heavy atom. The van der Waals surface area contributed by atoms with Gasteiger partial charge < -0.3 is 9.88 Å². The van der Waals surface area contributed by atoms with Gasteiger partial charge >= 0.3 is 0 Å². The smallest absolute Gasteiger partial charge is 0.108 e. The molecule has 0 fully saturated rings. The van der Waals surface area contributed by atoms with Gasteiger partial charge in [-0.2, -0.15) is 0 Å². The van der Waals surface area contributed by atoms with E-state index in [2.05, 4.69) is 37.6 Å². The number of imidazole rings is 1. The second kappa shape index (κ2) is 6.75. The Morgan fingerprint density at radius 1 is 1.25 bits per heavy atom. The summed E-state index contributed by atoms with van der Waals surface area (Å²) in [6.07, 6.45) is 7.50. The molecule has 0 saturated carbocycles. The van der Waals surface area contributed by atoms with E-state index >= 15 is 0 Å². The van der Waals surface area contributed by atoms with Crippen molar-refractivity contribution in [3.05, 3.63) is 17.2 Å². The van der Waals surface area contributed by atoms with Gasteiger partial charge in [-0.1, -0.05) is 47.0 Å². The minimum absolute atomic E-state index is 0.373. The van der Waals surface area contributed by atoms with E-state index < -0.39 is 0 Å². The molecule has 1 aliphatic heterocycles. The van der Waals surface area contributed by atoms with Crippen molar-refractivity contribution in [2.75, 3.05) is 6.54 Å². The Bertz CT molecular complexity index is 432. The van der Waals surface area contributed by atoms with Crippen LogP contribution in [0.4, 0.5) is 0 Å². The largest absolute Gasteiger partial charge is 0.331 e. The van der Waals surface area contributed by atoms with Crippen LogP contribution in [0.15, 0.2) is 0 Å². The number of rotatable bonds is 7. The van der Waals surface area contributed by atoms with E-state index in [0.29, 0.717) is 5.41 Å². The highest BCUT2D eigenvalue weighted by molar-refractivity contribution is 5.20. The normalized spacial score (nSPS) is 15.4. The fraction of sp³-hybridized carbons (Fsp3) is 0.824. The number of hydrogen-bond donors (Lipinski definition) is 1. The van der Waals surface area contributed by atoms with E-state index in [1.807, 2.05) is 0 Å². The lowest BCUT2D eigenvalue weighted by Gasteiger charge is -2.28. The molecule has 3 nitrogen and oxygen atoms in total. The maximum atomic E-state index is 4.85. The molecule has 2 heterocycles. The first-order chi connectivity index (χ1) is 9.57. The molecule has 0 aromatic carbocycles. The quantitative estimate of drug-likeness (QED) is 0.770. The van der Waals surface area contributed by atoms with E-state index in [1.54, 1.807) is 0 Å². The van der Waals surface area contributed by atoms with Crippen molar-refractivity contribution in [3.8, 4) is 0 Å². The number of nitrogens with one attached hydrogen (secondary N) is 1. The molecule has 0 amide bonds. The predicted octanol–water partition coefficient (Wildman–Crippen LogP) is 3.70. The molecule has 1 N–H and O–H groups in total. The van der Waals surface area contributed by atoms with Gasteiger partial charge in [-0.05, 0) is 11.8 Å². The van der Waals surface area contributed by atoms with Gasteiger partial charge in [0.25, 0.3) is 0 Å². The van der Waals surface area contributed by atoms with E-state index in [-0.39, 0.29) is 0 Å². The third-order valence-electron chi connectivity index (χ3n) is 4.43. The summed E-state index contributed by atoms with van der Waals surface area (Å²) < 4.78 is 2.53. The minimum atomic E-state index is 0.373. The zero-order chi connectivity index (χ0) is 14.6. The SMILES string of the molecule is CCCCCC(C)(C)Cn1c(CC)nc2c1CCNC2. The Kier molecular flexibility index (Phi) is 5.25. The van der Waals surface area contributed by atoms with E-state index in [1.165, 1.54) is 42.9 Å². The first-order valence-corrected chi connectivity index (χ1v) is 8.35. The van der Waals surface area contributed by atoms with Crippen LogP contribution >= 0.6 is 0 Å². The molecule has 3 heteroatoms. The van der Waals surface area contributed by atoms with Gasteiger partial charge in [0.05, 0.1) is 5.69 Å². The second-order valence-corrected chi connectivity index (χ2v) is 6.91. The fourth-order valence-electron chi connectivity index (χ4n) is 3.24. The first kappa shape index (κ1) is 15.6. The first-order valence-electron chi connectivity index (χ1n) is 8.35. The Morgan fingerprint density at radius 2 is 2.05 bits per heavy atom. The summed E-state index contributed by atoms with van der Waals surface area (Å²) in [7, 11) is 0. The fourth-order valence-corrected chi connectivity index (χ4v) is 3.24. The molecule has 1 aromatic heterocycles. The maximum absolute atomic E-state index is 4.85. The zero-order valence-corrected chi connectivity index (χ0v) is 13.8. The van der Waals surface area contributed by atoms with Crippen LogP contribution in [0, 0.1) is 5.41 Å². The van der Waals surface area contributed by atoms with Gasteiger partial charge in [-0.25, -0.2) is 4.98 Å². The summed E-state index contributed by atoms with van der Waals surface area (Å²) >= 11 is 0. The Hall–Kier alpha value is -0.830. The monoisotopic (exact) mass is 277 g/mol. The Labute approximate surface area is 124 Å². The second-order valence-electron chi connectivity index (χ2n) is 6.91. The molecule has 0 aliphatic carbocycles. The highest BCUT2D eigenvalue weighted by Crippen LogP contribution is 2.29. The maximum Gasteiger partial charge on any atom is 0.108 e. The molecule has 2 rings (SSSR count). The number of aromatic nitrogens is 2. The van der Waals surface area contributed by atoms with Crippen LogP contribution in [0.2, 0.25) is 0 Å². The van der Waals surface area contributed by atoms with Crippen molar-refractivity contribution in [2.45, 2.75) is 79.3 Å². The topological polar surface area (TPSA) is 29.9 Å². The highest BCUT2D eigenvalue weighted by Gasteiger charge is 2.24. The Balaban J connectivity index is 2.13. The summed E-state index contributed by atoms with van der Waals surface area (Å²) in [6, 6.07) is 0. The summed E-state index contributed by atoms with van der Waals surface area (Å²) in [5, 5.41) is 3.43. The van der Waals surface area contributed by atoms with Crippen LogP contribution < -0.4 is 5.32 Å². The molecule has 0 atom stereocenters. The molecule has 20 heavy (non-hydrogen) atoms. The van der Waals surface area contributed by atoms with Crippen LogP contribution in [-0.4, -0.2) is 16.1 Å². The van der Waals surface area contributed by atoms with Crippen molar-refractivity contribution in [1.82, 2.24) is 14.9 Å². The summed E-state index contributed by atoms with van der Waals surface area (Å²) in [4.78, 5) is 4.85. The van der Waals surface area contributed by atoms with Crippen molar-refractivity contribution in [1.29, 1.82) is 0 Å². The molecule has 1 aliphatic rings. The third-order valence-corrected chi connectivity index (χ3v) is 4.43. The lowest BCUT2D eigenvalue weighted by Crippen LogP contribution is -2.27. The molecule has 0 radical (unpaired) electrons. The van der Waals surface area contributed by atoms with Gasteiger partial charge in [-0.15, -0.1) is 0 Å². The van der Waals surface area contributed by atoms with E-state index in [0.717, 1.165) is 32.5 Å². The number of hydrogen-bond acceptors (Lipinski definition) is 2. The molecule has 0 spiro atoms. The summed E-state index contributed by atoms with van der Waals surface area (Å²) in [6.45, 7) is 12.5. The average Bonchev–Trinajstić information content (AvgIpc) is 2.77. The molecular formula is C17H31N3. The molecule has 0 unspecified atom stereocenters. The standard InChI is InChI=1S/C17H31N3/c1-5-7-8-10-17(3,4)13-20-15-9-11-18-12-14(15)19-16(20)6-2/h18H,5-13H2,1-4H3. The summed E-state index contributed by atoms with van der Waals surface area (Å²) in [5.74, 6) is 1.28. The van der Waals surface area contributed by atoms with Gasteiger partial charge in [0.15, 0.2) is 0 Å². The summed E-state index contributed by atoms with van der Waals surface area (Å²) in [5.41, 5.74) is 3.15. The number of aryl methyl sites for hydroxylation is 1. The lowest BCUT2D eigenvalue weighted by molar-refractivity contribution is 0.264. The van der Waals surface area contributed by atoms with Crippen molar-refractivity contribution in [2.24, 2.45) is 5.41 Å². The van der Waals surface area contributed by atoms with Crippen molar-refractivity contribution in [3.63, 3.8) is 0 Å². The van der Waals surface area contributed by atoms with Crippen LogP contribution in [-0.2, 0) is 25.9 Å². The lowest BCUT2D eigenvalue weighted by atomic mass is 9.86. The predicted molar refractivity (Wildman–Crippen MR) is 84.9 cm³/mol. The third kappa shape index (κ3) is 3.63. The van der Waals surface area contributed by atoms with Crippen LogP contribution in [0.25, 0.3) is 0 Å². The minimum Gasteiger partial charge on any atom is -0.331 e. The molecular weight excluding hydrogens is 246 g/mol. The van der Waals surface area contributed by atoms with Crippen LogP contribution in [0.5, 0.6) is 0 Å². The van der Waals surface area contributed by atoms with Gasteiger partial charge in [0, 0.05) is 38.2 Å². The van der Waals surface area contributed by atoms with Gasteiger partial charge in [0.2, 0.25) is 0 Å². The molecule has 114 valence electrons. The average molecular weight is 277 g/mol.